The van der Waals surface area contributed by atoms with Crippen molar-refractivity contribution in [2.24, 2.45) is 5.92 Å². The minimum atomic E-state index is -0.452. The van der Waals surface area contributed by atoms with E-state index in [0.29, 0.717) is 34.3 Å². The molecule has 0 atom stereocenters. The van der Waals surface area contributed by atoms with Gasteiger partial charge in [-0.3, -0.25) is 10.1 Å². The minimum absolute atomic E-state index is 0.0979. The first kappa shape index (κ1) is 19.4. The van der Waals surface area contributed by atoms with E-state index in [1.54, 1.807) is 29.0 Å². The molecule has 0 spiro atoms. The van der Waals surface area contributed by atoms with Crippen LogP contribution in [0.25, 0.3) is 16.9 Å². The number of nitrogens with one attached hydrogen (secondary N) is 1. The number of hydrogen-bond donors (Lipinski definition) is 1. The molecule has 0 unspecified atom stereocenters. The highest BCUT2D eigenvalue weighted by Gasteiger charge is 2.20. The molecule has 156 valence electrons. The van der Waals surface area contributed by atoms with Gasteiger partial charge < -0.3 is 4.74 Å². The molecular weight excluding hydrogens is 412 g/mol. The van der Waals surface area contributed by atoms with E-state index in [4.69, 9.17) is 4.74 Å². The molecule has 0 radical (unpaired) electrons. The summed E-state index contributed by atoms with van der Waals surface area (Å²) in [5.41, 5.74) is 3.18. The van der Waals surface area contributed by atoms with Crippen molar-refractivity contribution >= 4 is 34.5 Å². The lowest BCUT2D eigenvalue weighted by Gasteiger charge is -2.24. The predicted octanol–water partition coefficient (Wildman–Crippen LogP) is 5.04. The zero-order valence-corrected chi connectivity index (χ0v) is 17.5. The van der Waals surface area contributed by atoms with E-state index in [1.807, 2.05) is 35.7 Å². The Morgan fingerprint density at radius 2 is 2.10 bits per heavy atom. The molecule has 1 aromatic carbocycles. The van der Waals surface area contributed by atoms with Gasteiger partial charge in [-0.15, -0.1) is 11.3 Å². The topological polar surface area (TPSA) is 85.6 Å². The van der Waals surface area contributed by atoms with Gasteiger partial charge in [-0.25, -0.2) is 14.3 Å². The number of benzene rings is 1. The summed E-state index contributed by atoms with van der Waals surface area (Å²) < 4.78 is 6.96. The molecule has 3 aromatic heterocycles. The van der Waals surface area contributed by atoms with Crippen molar-refractivity contribution in [1.82, 2.24) is 14.6 Å². The van der Waals surface area contributed by atoms with Gasteiger partial charge in [0.2, 0.25) is 5.78 Å². The van der Waals surface area contributed by atoms with E-state index < -0.39 is 6.09 Å². The number of anilines is 1. The van der Waals surface area contributed by atoms with E-state index in [1.165, 1.54) is 17.8 Å². The van der Waals surface area contributed by atoms with E-state index in [2.05, 4.69) is 15.4 Å². The Balaban J connectivity index is 1.40. The van der Waals surface area contributed by atoms with Crippen LogP contribution in [0.1, 0.15) is 34.5 Å². The highest BCUT2D eigenvalue weighted by molar-refractivity contribution is 7.12. The lowest BCUT2D eigenvalue weighted by Crippen LogP contribution is -2.22. The summed E-state index contributed by atoms with van der Waals surface area (Å²) in [4.78, 5) is 29.9. The number of amides is 1. The molecule has 0 saturated heterocycles. The van der Waals surface area contributed by atoms with Crippen LogP contribution >= 0.6 is 11.3 Å². The molecule has 1 fully saturated rings. The monoisotopic (exact) mass is 432 g/mol. The molecule has 4 aromatic rings. The number of thiophene rings is 1. The van der Waals surface area contributed by atoms with Crippen LogP contribution in [0.2, 0.25) is 0 Å². The summed E-state index contributed by atoms with van der Waals surface area (Å²) in [5.74, 6) is 0.396. The number of carbonyl (C=O) groups is 2. The van der Waals surface area contributed by atoms with Crippen LogP contribution in [0.5, 0.6) is 0 Å². The molecule has 0 bridgehead atoms. The molecule has 3 heterocycles. The summed E-state index contributed by atoms with van der Waals surface area (Å²) in [6, 6.07) is 12.9. The van der Waals surface area contributed by atoms with Gasteiger partial charge in [0, 0.05) is 17.4 Å². The SMILES string of the molecule is O=C(Nc1cccc(-c2ccnc3c(C(=O)c4cccs4)cnn23)c1)OCC1CCC1. The summed E-state index contributed by atoms with van der Waals surface area (Å²) in [5, 5.41) is 9.06. The van der Waals surface area contributed by atoms with Crippen LogP contribution in [0.15, 0.2) is 60.2 Å². The van der Waals surface area contributed by atoms with Gasteiger partial charge in [0.1, 0.15) is 0 Å². The second-order valence-corrected chi connectivity index (χ2v) is 8.48. The molecule has 7 nitrogen and oxygen atoms in total. The van der Waals surface area contributed by atoms with Crippen LogP contribution in [-0.4, -0.2) is 33.1 Å². The standard InChI is InChI=1S/C23H20N4O3S/c28-21(20-8-3-11-31-20)18-13-25-27-19(9-10-24-22(18)27)16-6-2-7-17(12-16)26-23(29)30-14-15-4-1-5-15/h2-3,6-13,15H,1,4-5,14H2,(H,26,29). The lowest BCUT2D eigenvalue weighted by atomic mass is 9.86. The number of ketones is 1. The van der Waals surface area contributed by atoms with Gasteiger partial charge >= 0.3 is 6.09 Å². The minimum Gasteiger partial charge on any atom is -0.449 e. The second kappa shape index (κ2) is 8.31. The maximum absolute atomic E-state index is 12.8. The molecule has 1 aliphatic carbocycles. The molecule has 1 saturated carbocycles. The lowest BCUT2D eigenvalue weighted by molar-refractivity contribution is 0.104. The van der Waals surface area contributed by atoms with Crippen LogP contribution in [0.3, 0.4) is 0 Å². The predicted molar refractivity (Wildman–Crippen MR) is 118 cm³/mol. The first-order valence-corrected chi connectivity index (χ1v) is 11.0. The van der Waals surface area contributed by atoms with Gasteiger partial charge in [-0.1, -0.05) is 24.6 Å². The van der Waals surface area contributed by atoms with Crippen LogP contribution in [-0.2, 0) is 4.74 Å². The third-order valence-corrected chi connectivity index (χ3v) is 6.34. The molecule has 5 rings (SSSR count). The molecule has 1 N–H and O–H groups in total. The van der Waals surface area contributed by atoms with E-state index in [9.17, 15) is 9.59 Å². The van der Waals surface area contributed by atoms with Gasteiger partial charge in [-0.2, -0.15) is 5.10 Å². The van der Waals surface area contributed by atoms with Crippen molar-refractivity contribution in [3.8, 4) is 11.3 Å². The zero-order valence-electron chi connectivity index (χ0n) is 16.7. The van der Waals surface area contributed by atoms with Gasteiger partial charge in [0.15, 0.2) is 5.65 Å². The summed E-state index contributed by atoms with van der Waals surface area (Å²) in [6.45, 7) is 0.463. The fourth-order valence-electron chi connectivity index (χ4n) is 3.57. The van der Waals surface area contributed by atoms with Crippen molar-refractivity contribution in [3.05, 3.63) is 70.7 Å². The molecule has 31 heavy (non-hydrogen) atoms. The fourth-order valence-corrected chi connectivity index (χ4v) is 4.25. The summed E-state index contributed by atoms with van der Waals surface area (Å²) in [7, 11) is 0. The van der Waals surface area contributed by atoms with Gasteiger partial charge in [0.25, 0.3) is 0 Å². The molecular formula is C23H20N4O3S. The molecule has 1 aliphatic rings. The molecule has 0 aliphatic heterocycles. The van der Waals surface area contributed by atoms with Crippen molar-refractivity contribution in [3.63, 3.8) is 0 Å². The van der Waals surface area contributed by atoms with Crippen molar-refractivity contribution in [2.45, 2.75) is 19.3 Å². The average Bonchev–Trinajstić information content (AvgIpc) is 3.42. The van der Waals surface area contributed by atoms with Crippen LogP contribution in [0, 0.1) is 5.92 Å². The Labute approximate surface area is 182 Å². The Morgan fingerprint density at radius 3 is 2.87 bits per heavy atom. The quantitative estimate of drug-likeness (QED) is 0.432. The summed E-state index contributed by atoms with van der Waals surface area (Å²) >= 11 is 1.39. The van der Waals surface area contributed by atoms with Crippen molar-refractivity contribution in [1.29, 1.82) is 0 Å². The maximum Gasteiger partial charge on any atom is 0.411 e. The Kier molecular flexibility index (Phi) is 5.21. The number of rotatable bonds is 6. The third-order valence-electron chi connectivity index (χ3n) is 5.47. The first-order valence-electron chi connectivity index (χ1n) is 10.1. The van der Waals surface area contributed by atoms with Crippen LogP contribution in [0.4, 0.5) is 10.5 Å². The first-order chi connectivity index (χ1) is 15.2. The van der Waals surface area contributed by atoms with Gasteiger partial charge in [-0.05, 0) is 48.4 Å². The Morgan fingerprint density at radius 1 is 1.19 bits per heavy atom. The maximum atomic E-state index is 12.8. The average molecular weight is 433 g/mol. The van der Waals surface area contributed by atoms with E-state index >= 15 is 0 Å². The number of ether oxygens (including phenoxy) is 1. The van der Waals surface area contributed by atoms with Gasteiger partial charge in [0.05, 0.1) is 28.9 Å². The zero-order chi connectivity index (χ0) is 21.2. The highest BCUT2D eigenvalue weighted by atomic mass is 32.1. The van der Waals surface area contributed by atoms with Crippen LogP contribution < -0.4 is 5.32 Å². The second-order valence-electron chi connectivity index (χ2n) is 7.53. The van der Waals surface area contributed by atoms with E-state index in [0.717, 1.165) is 24.1 Å². The highest BCUT2D eigenvalue weighted by Crippen LogP contribution is 2.27. The fraction of sp³-hybridized carbons (Fsp3) is 0.217. The third kappa shape index (κ3) is 3.94. The largest absolute Gasteiger partial charge is 0.449 e. The van der Waals surface area contributed by atoms with E-state index in [-0.39, 0.29) is 5.78 Å². The Hall–Kier alpha value is -3.52. The number of carbonyl (C=O) groups excluding carboxylic acids is 2. The number of nitrogens with zero attached hydrogens (tertiary/aromatic N) is 3. The van der Waals surface area contributed by atoms with Crippen molar-refractivity contribution < 1.29 is 14.3 Å². The smallest absolute Gasteiger partial charge is 0.411 e. The van der Waals surface area contributed by atoms with Crippen molar-refractivity contribution in [2.75, 3.05) is 11.9 Å². The molecule has 8 heteroatoms. The number of aromatic nitrogens is 3. The summed E-state index contributed by atoms with van der Waals surface area (Å²) in [6.07, 6.45) is 6.22. The normalized spacial score (nSPS) is 13.7. The number of hydrogen-bond acceptors (Lipinski definition) is 6. The number of fused-ring (bicyclic) bond motifs is 1. The Bertz CT molecular complexity index is 1240. The molecule has 1 amide bonds.